The van der Waals surface area contributed by atoms with Gasteiger partial charge in [0.2, 0.25) is 0 Å². The molecule has 0 saturated heterocycles. The predicted octanol–water partition coefficient (Wildman–Crippen LogP) is 3.94. The molecule has 5 heteroatoms. The SMILES string of the molecule is CC(C)N(c1ccccc1)S(=O)(=O)c1cccc(Cl)c1. The minimum absolute atomic E-state index is 0.193. The molecule has 0 atom stereocenters. The summed E-state index contributed by atoms with van der Waals surface area (Å²) in [5.74, 6) is 0. The van der Waals surface area contributed by atoms with Gasteiger partial charge < -0.3 is 0 Å². The normalized spacial score (nSPS) is 11.6. The molecule has 106 valence electrons. The van der Waals surface area contributed by atoms with Gasteiger partial charge in [-0.25, -0.2) is 8.42 Å². The summed E-state index contributed by atoms with van der Waals surface area (Å²) in [5.41, 5.74) is 0.641. The van der Waals surface area contributed by atoms with E-state index in [1.165, 1.54) is 10.4 Å². The summed E-state index contributed by atoms with van der Waals surface area (Å²) < 4.78 is 27.0. The van der Waals surface area contributed by atoms with Crippen molar-refractivity contribution in [1.29, 1.82) is 0 Å². The van der Waals surface area contributed by atoms with Crippen LogP contribution in [-0.2, 0) is 10.0 Å². The van der Waals surface area contributed by atoms with Crippen molar-refractivity contribution >= 4 is 27.3 Å². The molecule has 0 aromatic heterocycles. The Morgan fingerprint density at radius 3 is 2.20 bits per heavy atom. The van der Waals surface area contributed by atoms with Gasteiger partial charge in [0, 0.05) is 11.1 Å². The molecule has 2 aromatic rings. The van der Waals surface area contributed by atoms with Crippen molar-refractivity contribution < 1.29 is 8.42 Å². The first-order valence-electron chi connectivity index (χ1n) is 6.28. The summed E-state index contributed by atoms with van der Waals surface area (Å²) in [5, 5.41) is 0.405. The molecule has 20 heavy (non-hydrogen) atoms. The van der Waals surface area contributed by atoms with E-state index < -0.39 is 10.0 Å². The molecule has 0 radical (unpaired) electrons. The molecule has 0 aliphatic rings. The van der Waals surface area contributed by atoms with Gasteiger partial charge in [-0.1, -0.05) is 35.9 Å². The number of para-hydroxylation sites is 1. The van der Waals surface area contributed by atoms with Gasteiger partial charge in [-0.2, -0.15) is 0 Å². The Labute approximate surface area is 124 Å². The molecule has 2 aromatic carbocycles. The first kappa shape index (κ1) is 14.9. The van der Waals surface area contributed by atoms with Gasteiger partial charge in [-0.05, 0) is 44.2 Å². The highest BCUT2D eigenvalue weighted by Crippen LogP contribution is 2.27. The van der Waals surface area contributed by atoms with Crippen LogP contribution >= 0.6 is 11.6 Å². The summed E-state index contributed by atoms with van der Waals surface area (Å²) >= 11 is 5.90. The van der Waals surface area contributed by atoms with E-state index in [-0.39, 0.29) is 10.9 Å². The Kier molecular flexibility index (Phi) is 4.35. The van der Waals surface area contributed by atoms with Crippen molar-refractivity contribution in [2.75, 3.05) is 4.31 Å². The minimum Gasteiger partial charge on any atom is -0.264 e. The van der Waals surface area contributed by atoms with Crippen molar-refractivity contribution in [3.05, 3.63) is 59.6 Å². The number of hydrogen-bond donors (Lipinski definition) is 0. The Hall–Kier alpha value is -1.52. The lowest BCUT2D eigenvalue weighted by Crippen LogP contribution is -2.36. The number of anilines is 1. The zero-order valence-electron chi connectivity index (χ0n) is 11.3. The third kappa shape index (κ3) is 2.97. The molecule has 0 heterocycles. The van der Waals surface area contributed by atoms with E-state index in [0.717, 1.165) is 0 Å². The van der Waals surface area contributed by atoms with Crippen molar-refractivity contribution in [2.24, 2.45) is 0 Å². The lowest BCUT2D eigenvalue weighted by Gasteiger charge is -2.28. The number of rotatable bonds is 4. The fourth-order valence-corrected chi connectivity index (χ4v) is 3.99. The van der Waals surface area contributed by atoms with E-state index in [0.29, 0.717) is 10.7 Å². The van der Waals surface area contributed by atoms with E-state index in [1.807, 2.05) is 32.0 Å². The van der Waals surface area contributed by atoms with Gasteiger partial charge in [0.25, 0.3) is 10.0 Å². The average Bonchev–Trinajstić information content (AvgIpc) is 2.39. The van der Waals surface area contributed by atoms with E-state index >= 15 is 0 Å². The number of halogens is 1. The number of sulfonamides is 1. The van der Waals surface area contributed by atoms with Gasteiger partial charge >= 0.3 is 0 Å². The monoisotopic (exact) mass is 309 g/mol. The molecule has 0 amide bonds. The van der Waals surface area contributed by atoms with Crippen molar-refractivity contribution in [1.82, 2.24) is 0 Å². The van der Waals surface area contributed by atoms with Crippen LogP contribution < -0.4 is 4.31 Å². The highest BCUT2D eigenvalue weighted by molar-refractivity contribution is 7.92. The van der Waals surface area contributed by atoms with E-state index in [4.69, 9.17) is 11.6 Å². The summed E-state index contributed by atoms with van der Waals surface area (Å²) in [6, 6.07) is 15.2. The maximum atomic E-state index is 12.8. The molecule has 0 spiro atoms. The smallest absolute Gasteiger partial charge is 0.264 e. The van der Waals surface area contributed by atoms with Gasteiger partial charge in [-0.15, -0.1) is 0 Å². The summed E-state index contributed by atoms with van der Waals surface area (Å²) in [6.45, 7) is 3.68. The van der Waals surface area contributed by atoms with Crippen LogP contribution in [0, 0.1) is 0 Å². The number of hydrogen-bond acceptors (Lipinski definition) is 2. The fourth-order valence-electron chi connectivity index (χ4n) is 2.03. The number of nitrogens with zero attached hydrogens (tertiary/aromatic N) is 1. The van der Waals surface area contributed by atoms with E-state index in [2.05, 4.69) is 0 Å². The van der Waals surface area contributed by atoms with E-state index in [1.54, 1.807) is 30.3 Å². The van der Waals surface area contributed by atoms with Crippen LogP contribution in [-0.4, -0.2) is 14.5 Å². The summed E-state index contributed by atoms with van der Waals surface area (Å²) in [7, 11) is -3.63. The van der Waals surface area contributed by atoms with Crippen molar-refractivity contribution in [3.8, 4) is 0 Å². The lowest BCUT2D eigenvalue weighted by atomic mass is 10.3. The van der Waals surface area contributed by atoms with Gasteiger partial charge in [-0.3, -0.25) is 4.31 Å². The van der Waals surface area contributed by atoms with Gasteiger partial charge in [0.05, 0.1) is 10.6 Å². The van der Waals surface area contributed by atoms with Crippen LogP contribution in [0.5, 0.6) is 0 Å². The second kappa shape index (κ2) is 5.85. The molecule has 0 fully saturated rings. The maximum absolute atomic E-state index is 12.8. The molecular weight excluding hydrogens is 294 g/mol. The summed E-state index contributed by atoms with van der Waals surface area (Å²) in [6.07, 6.45) is 0. The van der Waals surface area contributed by atoms with Crippen molar-refractivity contribution in [3.63, 3.8) is 0 Å². The third-order valence-electron chi connectivity index (χ3n) is 2.83. The largest absolute Gasteiger partial charge is 0.264 e. The first-order valence-corrected chi connectivity index (χ1v) is 8.10. The molecule has 3 nitrogen and oxygen atoms in total. The van der Waals surface area contributed by atoms with Crippen LogP contribution in [0.15, 0.2) is 59.5 Å². The lowest BCUT2D eigenvalue weighted by molar-refractivity contribution is 0.584. The average molecular weight is 310 g/mol. The third-order valence-corrected chi connectivity index (χ3v) is 5.07. The predicted molar refractivity (Wildman–Crippen MR) is 82.7 cm³/mol. The van der Waals surface area contributed by atoms with Crippen LogP contribution in [0.25, 0.3) is 0 Å². The Balaban J connectivity index is 2.54. The second-order valence-corrected chi connectivity index (χ2v) is 6.94. The Bertz CT molecular complexity index is 684. The molecule has 0 bridgehead atoms. The molecule has 2 rings (SSSR count). The summed E-state index contributed by atoms with van der Waals surface area (Å²) in [4.78, 5) is 0.197. The van der Waals surface area contributed by atoms with Gasteiger partial charge in [0.15, 0.2) is 0 Å². The van der Waals surface area contributed by atoms with Gasteiger partial charge in [0.1, 0.15) is 0 Å². The standard InChI is InChI=1S/C15H16ClNO2S/c1-12(2)17(14-8-4-3-5-9-14)20(18,19)15-10-6-7-13(16)11-15/h3-12H,1-2H3. The van der Waals surface area contributed by atoms with Crippen molar-refractivity contribution in [2.45, 2.75) is 24.8 Å². The molecule has 0 N–H and O–H groups in total. The minimum atomic E-state index is -3.63. The van der Waals surface area contributed by atoms with Crippen LogP contribution in [0.1, 0.15) is 13.8 Å². The molecule has 0 unspecified atom stereocenters. The molecule has 0 aliphatic carbocycles. The van der Waals surface area contributed by atoms with Crippen LogP contribution in [0.2, 0.25) is 5.02 Å². The van der Waals surface area contributed by atoms with E-state index in [9.17, 15) is 8.42 Å². The Morgan fingerprint density at radius 1 is 1.00 bits per heavy atom. The fraction of sp³-hybridized carbons (Fsp3) is 0.200. The molecule has 0 aliphatic heterocycles. The van der Waals surface area contributed by atoms with Crippen LogP contribution in [0.4, 0.5) is 5.69 Å². The Morgan fingerprint density at radius 2 is 1.65 bits per heavy atom. The molecular formula is C15H16ClNO2S. The number of benzene rings is 2. The maximum Gasteiger partial charge on any atom is 0.264 e. The quantitative estimate of drug-likeness (QED) is 0.857. The zero-order valence-corrected chi connectivity index (χ0v) is 12.9. The first-order chi connectivity index (χ1) is 9.43. The highest BCUT2D eigenvalue weighted by Gasteiger charge is 2.27. The zero-order chi connectivity index (χ0) is 14.8. The highest BCUT2D eigenvalue weighted by atomic mass is 35.5. The van der Waals surface area contributed by atoms with Crippen LogP contribution in [0.3, 0.4) is 0 Å². The molecule has 0 saturated carbocycles. The topological polar surface area (TPSA) is 37.4 Å². The second-order valence-electron chi connectivity index (χ2n) is 4.69.